The number of hydrogen-bond donors (Lipinski definition) is 0. The second-order valence-corrected chi connectivity index (χ2v) is 15.0. The van der Waals surface area contributed by atoms with E-state index in [-0.39, 0.29) is 0 Å². The quantitative estimate of drug-likeness (QED) is 0.161. The average Bonchev–Trinajstić information content (AvgIpc) is 2.76. The van der Waals surface area contributed by atoms with Crippen LogP contribution >= 0.6 is 8.73 Å². The zero-order valence-electron chi connectivity index (χ0n) is 24.0. The third kappa shape index (κ3) is 19.9. The summed E-state index contributed by atoms with van der Waals surface area (Å²) in [4.78, 5) is 0. The maximum atomic E-state index is 6.16. The molecule has 3 radical (unpaired) electrons. The molecule has 0 aromatic rings. The second-order valence-electron chi connectivity index (χ2n) is 11.4. The molecule has 0 heterocycles. The number of rotatable bonds is 23. The Morgan fingerprint density at radius 2 is 0.879 bits per heavy atom. The molecule has 0 aliphatic heterocycles. The van der Waals surface area contributed by atoms with Crippen LogP contribution in [-0.2, 0) is 0 Å². The summed E-state index contributed by atoms with van der Waals surface area (Å²) in [5.41, 5.74) is 0. The Morgan fingerprint density at radius 3 is 1.15 bits per heavy atom. The predicted octanol–water partition coefficient (Wildman–Crippen LogP) is 0.711. The van der Waals surface area contributed by atoms with Gasteiger partial charge in [0.05, 0.1) is 0 Å². The van der Waals surface area contributed by atoms with Crippen LogP contribution in [0.5, 0.6) is 0 Å². The van der Waals surface area contributed by atoms with E-state index in [1.54, 1.807) is 0 Å². The van der Waals surface area contributed by atoms with Crippen LogP contribution in [0.25, 0.3) is 0 Å². The van der Waals surface area contributed by atoms with Crippen LogP contribution in [0.3, 0.4) is 0 Å². The maximum absolute atomic E-state index is 6.16. The van der Waals surface area contributed by atoms with Gasteiger partial charge in [0.15, 0.2) is 0 Å². The minimum Gasteiger partial charge on any atom is -0.0654 e. The van der Waals surface area contributed by atoms with Gasteiger partial charge in [0.25, 0.3) is 0 Å². The fraction of sp³-hybridized carbons (Fsp3) is 1.00. The molecular formula is C20H52B12S-. The van der Waals surface area contributed by atoms with E-state index in [0.717, 1.165) is 7.06 Å². The SMILES string of the molecule is [10B-][10BH][10B]([10BH2])S(=[10B][10B]([10BH2])[10BH2])(=[10B][10B]([10BH2])[10BH2])CCCCCCCCCCCCCCCCCCCC. The molecule has 0 bridgehead atoms. The van der Waals surface area contributed by atoms with Gasteiger partial charge in [0.1, 0.15) is 0 Å². The Labute approximate surface area is 220 Å². The molecule has 0 aliphatic carbocycles. The van der Waals surface area contributed by atoms with E-state index in [4.69, 9.17) is 7.74 Å². The molecule has 0 aromatic heterocycles. The molecule has 13 heteroatoms. The summed E-state index contributed by atoms with van der Waals surface area (Å²) in [6, 6.07) is 5.36. The molecule has 0 unspecified atom stereocenters. The first-order chi connectivity index (χ1) is 15.9. The van der Waals surface area contributed by atoms with Crippen molar-refractivity contribution in [3.63, 3.8) is 0 Å². The van der Waals surface area contributed by atoms with Crippen molar-refractivity contribution in [1.29, 1.82) is 0 Å². The van der Waals surface area contributed by atoms with Gasteiger partial charge in [-0.05, 0) is 0 Å². The average molecular weight is 445 g/mol. The first kappa shape index (κ1) is 34.1. The van der Waals surface area contributed by atoms with Gasteiger partial charge in [0.2, 0.25) is 0 Å². The molecule has 0 nitrogen and oxygen atoms in total. The molecule has 0 N–H and O–H groups in total. The van der Waals surface area contributed by atoms with E-state index >= 15 is 0 Å². The summed E-state index contributed by atoms with van der Waals surface area (Å²) in [7, 11) is 17.9. The van der Waals surface area contributed by atoms with E-state index in [2.05, 4.69) is 57.7 Å². The van der Waals surface area contributed by atoms with Gasteiger partial charge in [-0.1, -0.05) is 58.3 Å². The molecular weight excluding hydrogens is 392 g/mol. The van der Waals surface area contributed by atoms with Crippen molar-refractivity contribution in [2.24, 2.45) is 0 Å². The van der Waals surface area contributed by atoms with Crippen molar-refractivity contribution in [3.8, 4) is 0 Å². The van der Waals surface area contributed by atoms with Crippen LogP contribution in [0, 0.1) is 0 Å². The molecule has 0 fully saturated rings. The Morgan fingerprint density at radius 1 is 0.576 bits per heavy atom. The Hall–Kier alpha value is 1.13. The molecule has 0 saturated heterocycles. The van der Waals surface area contributed by atoms with Crippen molar-refractivity contribution in [3.05, 3.63) is 0 Å². The van der Waals surface area contributed by atoms with Crippen LogP contribution in [0.4, 0.5) is 0 Å². The molecule has 0 amide bonds. The predicted molar refractivity (Wildman–Crippen MR) is 186 cm³/mol. The Kier molecular flexibility index (Phi) is 24.3. The summed E-state index contributed by atoms with van der Waals surface area (Å²) in [6.45, 7) is 2.30. The van der Waals surface area contributed by atoms with Gasteiger partial charge in [-0.2, -0.15) is 0 Å². The van der Waals surface area contributed by atoms with E-state index in [1.165, 1.54) is 121 Å². The van der Waals surface area contributed by atoms with Crippen molar-refractivity contribution < 1.29 is 0 Å². The van der Waals surface area contributed by atoms with Crippen LogP contribution in [-0.4, -0.2) is 89.9 Å². The fourth-order valence-corrected chi connectivity index (χ4v) is 9.49. The van der Waals surface area contributed by atoms with Crippen molar-refractivity contribution in [2.45, 2.75) is 122 Å². The topological polar surface area (TPSA) is 0 Å². The second kappa shape index (κ2) is 23.5. The zero-order valence-corrected chi connectivity index (χ0v) is 24.8. The molecule has 175 valence electrons. The van der Waals surface area contributed by atoms with Gasteiger partial charge < -0.3 is 0 Å². The smallest absolute Gasteiger partial charge is 0.0654 e. The van der Waals surface area contributed by atoms with Gasteiger partial charge in [-0.3, -0.25) is 0 Å². The third-order valence-corrected chi connectivity index (χ3v) is 11.8. The zero-order chi connectivity index (χ0) is 24.8. The molecule has 0 rings (SSSR count). The first-order valence-electron chi connectivity index (χ1n) is 15.1. The monoisotopic (exact) mass is 445 g/mol. The van der Waals surface area contributed by atoms with Crippen LogP contribution in [0.15, 0.2) is 0 Å². The molecule has 0 saturated carbocycles. The van der Waals surface area contributed by atoms with Crippen LogP contribution in [0.2, 0.25) is 0 Å². The fourth-order valence-electron chi connectivity index (χ4n) is 5.10. The Bertz CT molecular complexity index is 529. The van der Waals surface area contributed by atoms with E-state index in [0.29, 0.717) is 18.5 Å². The van der Waals surface area contributed by atoms with E-state index in [1.807, 2.05) is 0 Å². The molecule has 0 aromatic carbocycles. The van der Waals surface area contributed by atoms with E-state index < -0.39 is 8.73 Å². The summed E-state index contributed by atoms with van der Waals surface area (Å²) >= 11 is 0. The van der Waals surface area contributed by atoms with Gasteiger partial charge in [-0.25, -0.2) is 0 Å². The van der Waals surface area contributed by atoms with Gasteiger partial charge >= 0.3 is 163 Å². The van der Waals surface area contributed by atoms with E-state index in [9.17, 15) is 0 Å². The van der Waals surface area contributed by atoms with Crippen LogP contribution in [0.1, 0.15) is 122 Å². The van der Waals surface area contributed by atoms with Gasteiger partial charge in [0, 0.05) is 0 Å². The molecule has 33 heavy (non-hydrogen) atoms. The normalized spacial score (nSPS) is 11.0. The first-order valence-corrected chi connectivity index (χ1v) is 17.1. The molecule has 0 aliphatic rings. The van der Waals surface area contributed by atoms with Crippen molar-refractivity contribution in [2.75, 3.05) is 5.75 Å². The van der Waals surface area contributed by atoms with Crippen molar-refractivity contribution in [1.82, 2.24) is 0 Å². The summed E-state index contributed by atoms with van der Waals surface area (Å²) in [5.74, 6) is 1.98. The van der Waals surface area contributed by atoms with Crippen molar-refractivity contribution >= 4 is 92.9 Å². The summed E-state index contributed by atoms with van der Waals surface area (Å²) in [6.07, 6.45) is 27.4. The van der Waals surface area contributed by atoms with Crippen LogP contribution < -0.4 is 0 Å². The summed E-state index contributed by atoms with van der Waals surface area (Å²) in [5, 5.41) is 0. The van der Waals surface area contributed by atoms with Gasteiger partial charge in [-0.15, -0.1) is 0 Å². The minimum atomic E-state index is -0.821. The molecule has 0 atom stereocenters. The standard InChI is InChI=1S/C20H52B12S/c1-2-3-4-5-6-7-8-9-10-11-12-13-14-15-16-17-18-19-20-33(28-30(22)23,29-31(24)25)32(26)27-21/h27H,2-20,22-26H2,1H3/q-1/i21-1,22-1,23-1,24-1,25-1,26-1,27-1,28-1,29-1,30-1,31-1,32-1. The number of hydrogen-bond acceptors (Lipinski definition) is 0. The Balaban J connectivity index is 3.82. The number of unbranched alkanes of at least 4 members (excludes halogenated alkanes) is 17. The summed E-state index contributed by atoms with van der Waals surface area (Å²) < 4.78 is 0. The minimum absolute atomic E-state index is 0.619. The third-order valence-electron chi connectivity index (χ3n) is 6.98. The molecule has 0 spiro atoms.